The minimum Gasteiger partial charge on any atom is -0.385 e. The number of methoxy groups -OCH3 is 1. The monoisotopic (exact) mass is 273 g/mol. The molecule has 17 heavy (non-hydrogen) atoms. The van der Waals surface area contributed by atoms with Crippen LogP contribution in [-0.2, 0) is 4.74 Å². The summed E-state index contributed by atoms with van der Waals surface area (Å²) in [6.45, 7) is 3.40. The third kappa shape index (κ3) is 5.30. The maximum Gasteiger partial charge on any atom is 0.171 e. The van der Waals surface area contributed by atoms with Gasteiger partial charge in [-0.1, -0.05) is 11.6 Å². The van der Waals surface area contributed by atoms with Crippen LogP contribution in [0, 0.1) is 6.92 Å². The number of rotatable bonds is 5. The van der Waals surface area contributed by atoms with Gasteiger partial charge in [0.1, 0.15) is 0 Å². The van der Waals surface area contributed by atoms with Gasteiger partial charge in [0.05, 0.1) is 5.02 Å². The molecule has 0 aliphatic heterocycles. The fraction of sp³-hybridized carbons (Fsp3) is 0.455. The number of hydrogen-bond acceptors (Lipinski definition) is 3. The van der Waals surface area contributed by atoms with E-state index in [2.05, 4.69) is 15.6 Å². The molecule has 1 rings (SSSR count). The van der Waals surface area contributed by atoms with Crippen molar-refractivity contribution in [3.05, 3.63) is 22.8 Å². The number of halogens is 1. The van der Waals surface area contributed by atoms with Crippen LogP contribution in [0.5, 0.6) is 0 Å². The summed E-state index contributed by atoms with van der Waals surface area (Å²) in [6.07, 6.45) is 2.63. The first-order valence-corrected chi connectivity index (χ1v) is 6.08. The molecule has 0 saturated heterocycles. The zero-order chi connectivity index (χ0) is 12.7. The van der Waals surface area contributed by atoms with Crippen LogP contribution >= 0.6 is 23.8 Å². The van der Waals surface area contributed by atoms with Crippen molar-refractivity contribution in [3.63, 3.8) is 0 Å². The number of hydrogen-bond donors (Lipinski definition) is 2. The molecule has 0 bridgehead atoms. The van der Waals surface area contributed by atoms with Gasteiger partial charge in [-0.25, -0.2) is 4.98 Å². The molecule has 0 atom stereocenters. The highest BCUT2D eigenvalue weighted by atomic mass is 35.5. The van der Waals surface area contributed by atoms with E-state index in [4.69, 9.17) is 28.6 Å². The summed E-state index contributed by atoms with van der Waals surface area (Å²) < 4.78 is 4.94. The van der Waals surface area contributed by atoms with Gasteiger partial charge in [0.25, 0.3) is 0 Å². The van der Waals surface area contributed by atoms with Crippen LogP contribution in [0.25, 0.3) is 0 Å². The van der Waals surface area contributed by atoms with Gasteiger partial charge in [-0.05, 0) is 37.2 Å². The number of pyridine rings is 1. The largest absolute Gasteiger partial charge is 0.385 e. The molecule has 1 heterocycles. The van der Waals surface area contributed by atoms with E-state index in [1.165, 1.54) is 0 Å². The van der Waals surface area contributed by atoms with Gasteiger partial charge in [-0.15, -0.1) is 0 Å². The summed E-state index contributed by atoms with van der Waals surface area (Å²) in [4.78, 5) is 4.17. The molecule has 1 aromatic rings. The summed E-state index contributed by atoms with van der Waals surface area (Å²) in [7, 11) is 1.67. The van der Waals surface area contributed by atoms with Crippen LogP contribution in [0.3, 0.4) is 0 Å². The quantitative estimate of drug-likeness (QED) is 0.637. The molecule has 0 radical (unpaired) electrons. The minimum atomic E-state index is 0.513. The van der Waals surface area contributed by atoms with Crippen molar-refractivity contribution in [3.8, 4) is 0 Å². The van der Waals surface area contributed by atoms with Crippen molar-refractivity contribution in [2.24, 2.45) is 0 Å². The van der Waals surface area contributed by atoms with Crippen LogP contribution in [0.1, 0.15) is 12.0 Å². The van der Waals surface area contributed by atoms with E-state index in [9.17, 15) is 0 Å². The Morgan fingerprint density at radius 2 is 2.35 bits per heavy atom. The molecule has 0 amide bonds. The Hall–Kier alpha value is -0.910. The third-order valence-electron chi connectivity index (χ3n) is 2.02. The van der Waals surface area contributed by atoms with E-state index in [-0.39, 0.29) is 0 Å². The average molecular weight is 274 g/mol. The number of aryl methyl sites for hydroxylation is 1. The lowest BCUT2D eigenvalue weighted by molar-refractivity contribution is 0.196. The first kappa shape index (κ1) is 14.2. The zero-order valence-electron chi connectivity index (χ0n) is 9.92. The van der Waals surface area contributed by atoms with Crippen molar-refractivity contribution in [1.82, 2.24) is 10.3 Å². The lowest BCUT2D eigenvalue weighted by Gasteiger charge is -2.10. The van der Waals surface area contributed by atoms with E-state index >= 15 is 0 Å². The van der Waals surface area contributed by atoms with E-state index in [1.807, 2.05) is 13.0 Å². The zero-order valence-corrected chi connectivity index (χ0v) is 11.5. The molecular weight excluding hydrogens is 258 g/mol. The van der Waals surface area contributed by atoms with E-state index < -0.39 is 0 Å². The summed E-state index contributed by atoms with van der Waals surface area (Å²) in [5.74, 6) is 0.571. The summed E-state index contributed by atoms with van der Waals surface area (Å²) in [6, 6.07) is 1.84. The highest BCUT2D eigenvalue weighted by Crippen LogP contribution is 2.19. The second-order valence-electron chi connectivity index (χ2n) is 3.57. The standard InChI is InChI=1S/C11H16ClN3OS/c1-8-6-9(12)10(14-7-8)15-11(17)13-4-3-5-16-2/h6-7H,3-5H2,1-2H3,(H2,13,14,15,17). The summed E-state index contributed by atoms with van der Waals surface area (Å²) >= 11 is 11.1. The average Bonchev–Trinajstić information content (AvgIpc) is 2.28. The van der Waals surface area contributed by atoms with Crippen molar-refractivity contribution in [2.45, 2.75) is 13.3 Å². The number of nitrogens with zero attached hydrogens (tertiary/aromatic N) is 1. The molecule has 0 spiro atoms. The number of nitrogens with one attached hydrogen (secondary N) is 2. The maximum atomic E-state index is 6.02. The minimum absolute atomic E-state index is 0.513. The van der Waals surface area contributed by atoms with Gasteiger partial charge in [-0.3, -0.25) is 0 Å². The van der Waals surface area contributed by atoms with Gasteiger partial charge in [0.2, 0.25) is 0 Å². The molecule has 4 nitrogen and oxygen atoms in total. The molecule has 6 heteroatoms. The Balaban J connectivity index is 2.40. The number of aromatic nitrogens is 1. The van der Waals surface area contributed by atoms with Crippen LogP contribution in [0.2, 0.25) is 5.02 Å². The molecule has 0 saturated carbocycles. The first-order chi connectivity index (χ1) is 8.13. The second kappa shape index (κ2) is 7.42. The summed E-state index contributed by atoms with van der Waals surface area (Å²) in [5, 5.41) is 7.07. The molecule has 2 N–H and O–H groups in total. The Morgan fingerprint density at radius 3 is 3.00 bits per heavy atom. The number of thiocarbonyl (C=S) groups is 1. The molecule has 94 valence electrons. The fourth-order valence-electron chi connectivity index (χ4n) is 1.20. The molecule has 0 fully saturated rings. The number of anilines is 1. The van der Waals surface area contributed by atoms with Crippen LogP contribution in [0.15, 0.2) is 12.3 Å². The van der Waals surface area contributed by atoms with E-state index in [0.717, 1.165) is 18.5 Å². The molecule has 0 aromatic carbocycles. The predicted molar refractivity (Wildman–Crippen MR) is 74.7 cm³/mol. The lowest BCUT2D eigenvalue weighted by atomic mass is 10.3. The van der Waals surface area contributed by atoms with Gasteiger partial charge in [0, 0.05) is 26.5 Å². The summed E-state index contributed by atoms with van der Waals surface area (Å²) in [5.41, 5.74) is 1.01. The molecule has 1 aromatic heterocycles. The lowest BCUT2D eigenvalue weighted by Crippen LogP contribution is -2.30. The van der Waals surface area contributed by atoms with E-state index in [1.54, 1.807) is 13.3 Å². The Morgan fingerprint density at radius 1 is 1.59 bits per heavy atom. The van der Waals surface area contributed by atoms with Crippen molar-refractivity contribution >= 4 is 34.7 Å². The van der Waals surface area contributed by atoms with Crippen LogP contribution in [0.4, 0.5) is 5.82 Å². The third-order valence-corrected chi connectivity index (χ3v) is 2.56. The topological polar surface area (TPSA) is 46.2 Å². The highest BCUT2D eigenvalue weighted by Gasteiger charge is 2.03. The van der Waals surface area contributed by atoms with Gasteiger partial charge in [0.15, 0.2) is 10.9 Å². The maximum absolute atomic E-state index is 6.02. The highest BCUT2D eigenvalue weighted by molar-refractivity contribution is 7.80. The molecule has 0 aliphatic carbocycles. The van der Waals surface area contributed by atoms with Crippen molar-refractivity contribution in [1.29, 1.82) is 0 Å². The Kier molecular flexibility index (Phi) is 6.18. The molecule has 0 unspecified atom stereocenters. The Labute approximate surface area is 112 Å². The van der Waals surface area contributed by atoms with Crippen molar-refractivity contribution < 1.29 is 4.74 Å². The molecular formula is C11H16ClN3OS. The second-order valence-corrected chi connectivity index (χ2v) is 4.39. The van der Waals surface area contributed by atoms with Crippen molar-refractivity contribution in [2.75, 3.05) is 25.6 Å². The fourth-order valence-corrected chi connectivity index (χ4v) is 1.66. The normalized spacial score (nSPS) is 10.1. The first-order valence-electron chi connectivity index (χ1n) is 5.29. The molecule has 0 aliphatic rings. The van der Waals surface area contributed by atoms with E-state index in [0.29, 0.717) is 22.6 Å². The van der Waals surface area contributed by atoms with Crippen LogP contribution < -0.4 is 10.6 Å². The SMILES string of the molecule is COCCCNC(=S)Nc1ncc(C)cc1Cl. The van der Waals surface area contributed by atoms with Crippen LogP contribution in [-0.4, -0.2) is 30.4 Å². The van der Waals surface area contributed by atoms with Gasteiger partial charge in [-0.2, -0.15) is 0 Å². The predicted octanol–water partition coefficient (Wildman–Crippen LogP) is 2.37. The number of ether oxygens (including phenoxy) is 1. The Bertz CT molecular complexity index is 387. The van der Waals surface area contributed by atoms with Gasteiger partial charge < -0.3 is 15.4 Å². The van der Waals surface area contributed by atoms with Gasteiger partial charge >= 0.3 is 0 Å². The smallest absolute Gasteiger partial charge is 0.171 e.